The van der Waals surface area contributed by atoms with Crippen LogP contribution < -0.4 is 5.32 Å². The second-order valence-electron chi connectivity index (χ2n) is 7.09. The number of carbonyl (C=O) groups excluding carboxylic acids is 1. The van der Waals surface area contributed by atoms with Gasteiger partial charge in [0.05, 0.1) is 12.2 Å². The number of carbonyl (C=O) groups is 1. The molecule has 0 bridgehead atoms. The number of rotatable bonds is 7. The predicted octanol–water partition coefficient (Wildman–Crippen LogP) is 4.47. The number of hydrogen-bond donors (Lipinski definition) is 1. The van der Waals surface area contributed by atoms with Gasteiger partial charge >= 0.3 is 0 Å². The number of aryl methyl sites for hydroxylation is 2. The molecular weight excluding hydrogens is 396 g/mol. The Balaban J connectivity index is 1.71. The first-order valence-corrected chi connectivity index (χ1v) is 10.1. The fraction of sp³-hybridized carbons (Fsp3) is 0.208. The second-order valence-corrected chi connectivity index (χ2v) is 7.45. The molecule has 0 aliphatic carbocycles. The largest absolute Gasteiger partial charge is 0.351 e. The van der Waals surface area contributed by atoms with E-state index in [0.717, 1.165) is 11.1 Å². The van der Waals surface area contributed by atoms with E-state index in [1.807, 2.05) is 74.5 Å². The van der Waals surface area contributed by atoms with Gasteiger partial charge in [0.1, 0.15) is 16.8 Å². The Labute approximate surface area is 181 Å². The summed E-state index contributed by atoms with van der Waals surface area (Å²) in [5, 5.41) is 17.1. The third kappa shape index (κ3) is 5.37. The molecule has 3 rings (SSSR count). The zero-order valence-corrected chi connectivity index (χ0v) is 17.8. The van der Waals surface area contributed by atoms with Crippen molar-refractivity contribution in [3.63, 3.8) is 0 Å². The van der Waals surface area contributed by atoms with Gasteiger partial charge in [0.15, 0.2) is 0 Å². The molecule has 0 aliphatic rings. The molecule has 0 unspecified atom stereocenters. The lowest BCUT2D eigenvalue weighted by atomic mass is 10.1. The van der Waals surface area contributed by atoms with Gasteiger partial charge in [0.2, 0.25) is 0 Å². The lowest BCUT2D eigenvalue weighted by molar-refractivity contribution is -0.117. The average Bonchev–Trinajstić information content (AvgIpc) is 3.01. The van der Waals surface area contributed by atoms with Gasteiger partial charge in [0.25, 0.3) is 5.91 Å². The molecule has 0 radical (unpaired) electrons. The maximum absolute atomic E-state index is 12.4. The summed E-state index contributed by atoms with van der Waals surface area (Å²) in [6, 6.07) is 20.0. The highest BCUT2D eigenvalue weighted by Crippen LogP contribution is 2.23. The van der Waals surface area contributed by atoms with Gasteiger partial charge in [-0.25, -0.2) is 4.68 Å². The highest BCUT2D eigenvalue weighted by atomic mass is 35.5. The molecule has 0 saturated heterocycles. The summed E-state index contributed by atoms with van der Waals surface area (Å²) < 4.78 is 1.68. The van der Waals surface area contributed by atoms with Crippen LogP contribution in [0.25, 0.3) is 6.08 Å². The van der Waals surface area contributed by atoms with Crippen molar-refractivity contribution in [2.45, 2.75) is 26.8 Å². The Kier molecular flexibility index (Phi) is 7.05. The molecular formula is C24H23ClN4O. The van der Waals surface area contributed by atoms with Crippen LogP contribution in [0.2, 0.25) is 5.15 Å². The van der Waals surface area contributed by atoms with Gasteiger partial charge in [-0.05, 0) is 37.5 Å². The highest BCUT2D eigenvalue weighted by molar-refractivity contribution is 6.31. The molecule has 152 valence electrons. The van der Waals surface area contributed by atoms with Crippen molar-refractivity contribution in [3.05, 3.63) is 93.3 Å². The molecule has 0 saturated carbocycles. The Bertz CT molecular complexity index is 1090. The quantitative estimate of drug-likeness (QED) is 0.454. The minimum absolute atomic E-state index is 0.00273. The summed E-state index contributed by atoms with van der Waals surface area (Å²) in [5.41, 5.74) is 4.62. The van der Waals surface area contributed by atoms with E-state index in [2.05, 4.69) is 10.4 Å². The molecule has 0 aliphatic heterocycles. The van der Waals surface area contributed by atoms with Gasteiger partial charge < -0.3 is 5.32 Å². The molecule has 0 fully saturated rings. The molecule has 1 amide bonds. The number of hydrogen-bond acceptors (Lipinski definition) is 3. The van der Waals surface area contributed by atoms with Crippen LogP contribution in [0.1, 0.15) is 27.9 Å². The summed E-state index contributed by atoms with van der Waals surface area (Å²) in [6.45, 7) is 4.80. The van der Waals surface area contributed by atoms with E-state index >= 15 is 0 Å². The molecule has 1 heterocycles. The number of nitrogens with zero attached hydrogens (tertiary/aromatic N) is 3. The van der Waals surface area contributed by atoms with E-state index in [4.69, 9.17) is 11.6 Å². The minimum Gasteiger partial charge on any atom is -0.351 e. The standard InChI is InChI=1S/C24H23ClN4O/c1-17-8-10-20(11-9-17)16-29-23(25)22(18(2)28-29)14-21(15-26)24(30)27-13-12-19-6-4-3-5-7-19/h3-11,14H,12-13,16H2,1-2H3,(H,27,30)/b21-14+. The SMILES string of the molecule is Cc1ccc(Cn2nc(C)c(/C=C(\C#N)C(=O)NCCc3ccccc3)c2Cl)cc1. The smallest absolute Gasteiger partial charge is 0.261 e. The second kappa shape index (κ2) is 9.91. The van der Waals surface area contributed by atoms with Crippen LogP contribution in [0.4, 0.5) is 0 Å². The molecule has 3 aromatic rings. The van der Waals surface area contributed by atoms with Gasteiger partial charge in [-0.3, -0.25) is 4.79 Å². The average molecular weight is 419 g/mol. The van der Waals surface area contributed by atoms with Gasteiger partial charge in [-0.2, -0.15) is 10.4 Å². The molecule has 5 nitrogen and oxygen atoms in total. The normalized spacial score (nSPS) is 11.2. The number of nitriles is 1. The van der Waals surface area contributed by atoms with Crippen molar-refractivity contribution in [2.24, 2.45) is 0 Å². The lowest BCUT2D eigenvalue weighted by Crippen LogP contribution is -2.26. The Morgan fingerprint density at radius 1 is 1.13 bits per heavy atom. The van der Waals surface area contributed by atoms with E-state index in [9.17, 15) is 10.1 Å². The third-order valence-electron chi connectivity index (χ3n) is 4.76. The number of halogens is 1. The summed E-state index contributed by atoms with van der Waals surface area (Å²) in [5.74, 6) is -0.421. The van der Waals surface area contributed by atoms with Crippen molar-refractivity contribution in [1.82, 2.24) is 15.1 Å². The monoisotopic (exact) mass is 418 g/mol. The van der Waals surface area contributed by atoms with Crippen LogP contribution in [0, 0.1) is 25.2 Å². The maximum atomic E-state index is 12.4. The molecule has 1 aromatic heterocycles. The Morgan fingerprint density at radius 3 is 2.50 bits per heavy atom. The van der Waals surface area contributed by atoms with Gasteiger partial charge in [0, 0.05) is 12.1 Å². The summed E-state index contributed by atoms with van der Waals surface area (Å²) in [4.78, 5) is 12.4. The maximum Gasteiger partial charge on any atom is 0.261 e. The third-order valence-corrected chi connectivity index (χ3v) is 5.16. The minimum atomic E-state index is -0.421. The summed E-state index contributed by atoms with van der Waals surface area (Å²) in [7, 11) is 0. The molecule has 0 atom stereocenters. The first kappa shape index (κ1) is 21.4. The zero-order valence-electron chi connectivity index (χ0n) is 17.0. The van der Waals surface area contributed by atoms with Crippen LogP contribution in [-0.2, 0) is 17.8 Å². The molecule has 1 N–H and O–H groups in total. The number of nitrogens with one attached hydrogen (secondary N) is 1. The van der Waals surface area contributed by atoms with Crippen molar-refractivity contribution in [3.8, 4) is 6.07 Å². The zero-order chi connectivity index (χ0) is 21.5. The lowest BCUT2D eigenvalue weighted by Gasteiger charge is -2.05. The van der Waals surface area contributed by atoms with Crippen molar-refractivity contribution < 1.29 is 4.79 Å². The highest BCUT2D eigenvalue weighted by Gasteiger charge is 2.16. The molecule has 0 spiro atoms. The van der Waals surface area contributed by atoms with Crippen molar-refractivity contribution >= 4 is 23.6 Å². The van der Waals surface area contributed by atoms with Crippen LogP contribution in [-0.4, -0.2) is 22.2 Å². The van der Waals surface area contributed by atoms with E-state index in [-0.39, 0.29) is 5.57 Å². The van der Waals surface area contributed by atoms with E-state index in [0.29, 0.717) is 35.9 Å². The summed E-state index contributed by atoms with van der Waals surface area (Å²) >= 11 is 6.52. The molecule has 30 heavy (non-hydrogen) atoms. The van der Waals surface area contributed by atoms with Crippen molar-refractivity contribution in [2.75, 3.05) is 6.54 Å². The number of amides is 1. The van der Waals surface area contributed by atoms with Crippen LogP contribution in [0.5, 0.6) is 0 Å². The number of aromatic nitrogens is 2. The van der Waals surface area contributed by atoms with Gasteiger partial charge in [-0.15, -0.1) is 0 Å². The first-order chi connectivity index (χ1) is 14.5. The predicted molar refractivity (Wildman–Crippen MR) is 119 cm³/mol. The summed E-state index contributed by atoms with van der Waals surface area (Å²) in [6.07, 6.45) is 2.20. The topological polar surface area (TPSA) is 70.7 Å². The Hall–Kier alpha value is -3.36. The number of benzene rings is 2. The van der Waals surface area contributed by atoms with E-state index in [1.165, 1.54) is 11.6 Å². The van der Waals surface area contributed by atoms with Crippen molar-refractivity contribution in [1.29, 1.82) is 5.26 Å². The fourth-order valence-corrected chi connectivity index (χ4v) is 3.34. The molecule has 6 heteroatoms. The fourth-order valence-electron chi connectivity index (χ4n) is 3.06. The molecule has 2 aromatic carbocycles. The van der Waals surface area contributed by atoms with Crippen LogP contribution in [0.15, 0.2) is 60.2 Å². The van der Waals surface area contributed by atoms with Crippen LogP contribution in [0.3, 0.4) is 0 Å². The van der Waals surface area contributed by atoms with Crippen LogP contribution >= 0.6 is 11.6 Å². The van der Waals surface area contributed by atoms with Gasteiger partial charge in [-0.1, -0.05) is 71.8 Å². The van der Waals surface area contributed by atoms with E-state index in [1.54, 1.807) is 4.68 Å². The Morgan fingerprint density at radius 2 is 1.83 bits per heavy atom. The first-order valence-electron chi connectivity index (χ1n) is 9.70. The van der Waals surface area contributed by atoms with E-state index < -0.39 is 5.91 Å².